The van der Waals surface area contributed by atoms with E-state index in [0.717, 1.165) is 25.7 Å². The molecule has 2 bridgehead atoms. The Kier molecular flexibility index (Phi) is 7.02. The normalized spacial score (nSPS) is 35.9. The van der Waals surface area contributed by atoms with Crippen molar-refractivity contribution in [3.8, 4) is 0 Å². The molecule has 0 radical (unpaired) electrons. The molecule has 0 aromatic carbocycles. The van der Waals surface area contributed by atoms with E-state index >= 15 is 0 Å². The first-order valence-corrected chi connectivity index (χ1v) is 12.5. The number of rotatable bonds is 9. The molecule has 0 aliphatic carbocycles. The average molecular weight is 454 g/mol. The zero-order valence-electron chi connectivity index (χ0n) is 19.7. The molecular formula is C23H39N3O4S. The zero-order chi connectivity index (χ0) is 23.1. The van der Waals surface area contributed by atoms with Crippen LogP contribution in [0.25, 0.3) is 0 Å². The smallest absolute Gasteiger partial charge is 0.244 e. The van der Waals surface area contributed by atoms with Gasteiger partial charge in [-0.3, -0.25) is 14.4 Å². The summed E-state index contributed by atoms with van der Waals surface area (Å²) in [7, 11) is 1.61. The van der Waals surface area contributed by atoms with Crippen LogP contribution in [0.5, 0.6) is 0 Å². The number of amides is 3. The van der Waals surface area contributed by atoms with Crippen LogP contribution in [0.2, 0.25) is 0 Å². The van der Waals surface area contributed by atoms with E-state index in [1.54, 1.807) is 23.7 Å². The minimum atomic E-state index is -0.665. The Bertz CT molecular complexity index is 732. The summed E-state index contributed by atoms with van der Waals surface area (Å²) in [4.78, 5) is 42.1. The number of hydrogen-bond donors (Lipinski definition) is 3. The van der Waals surface area contributed by atoms with Crippen molar-refractivity contribution in [1.82, 2.24) is 15.5 Å². The molecule has 3 aliphatic rings. The minimum Gasteiger partial charge on any atom is -0.394 e. The van der Waals surface area contributed by atoms with Gasteiger partial charge in [-0.05, 0) is 45.4 Å². The molecule has 3 saturated heterocycles. The maximum absolute atomic E-state index is 13.9. The van der Waals surface area contributed by atoms with Gasteiger partial charge in [-0.1, -0.05) is 27.2 Å². The highest BCUT2D eigenvalue weighted by Crippen LogP contribution is 2.71. The van der Waals surface area contributed by atoms with Crippen LogP contribution in [0, 0.1) is 17.8 Å². The van der Waals surface area contributed by atoms with Gasteiger partial charge in [0.05, 0.1) is 29.2 Å². The molecule has 0 aromatic heterocycles. The quantitative estimate of drug-likeness (QED) is 0.495. The molecular weight excluding hydrogens is 414 g/mol. The summed E-state index contributed by atoms with van der Waals surface area (Å²) in [6.45, 7) is 10.0. The molecule has 3 fully saturated rings. The Morgan fingerprint density at radius 2 is 1.94 bits per heavy atom. The molecule has 3 rings (SSSR count). The van der Waals surface area contributed by atoms with E-state index in [1.165, 1.54) is 0 Å². The lowest BCUT2D eigenvalue weighted by Crippen LogP contribution is -2.57. The summed E-state index contributed by atoms with van der Waals surface area (Å²) in [6.07, 6.45) is 3.97. The van der Waals surface area contributed by atoms with Crippen LogP contribution in [0.15, 0.2) is 0 Å². The fourth-order valence-electron chi connectivity index (χ4n) is 6.26. The fourth-order valence-corrected chi connectivity index (χ4v) is 8.60. The Morgan fingerprint density at radius 3 is 2.48 bits per heavy atom. The maximum atomic E-state index is 13.9. The van der Waals surface area contributed by atoms with Crippen LogP contribution in [0.3, 0.4) is 0 Å². The second-order valence-electron chi connectivity index (χ2n) is 10.3. The van der Waals surface area contributed by atoms with Crippen LogP contribution in [0.4, 0.5) is 0 Å². The Labute approximate surface area is 190 Å². The second kappa shape index (κ2) is 8.93. The number of nitrogens with zero attached hydrogens (tertiary/aromatic N) is 1. The fraction of sp³-hybridized carbons (Fsp3) is 0.870. The van der Waals surface area contributed by atoms with Crippen molar-refractivity contribution in [1.29, 1.82) is 0 Å². The van der Waals surface area contributed by atoms with Gasteiger partial charge in [0.15, 0.2) is 0 Å². The van der Waals surface area contributed by atoms with Crippen molar-refractivity contribution >= 4 is 29.5 Å². The van der Waals surface area contributed by atoms with Crippen molar-refractivity contribution < 1.29 is 19.5 Å². The van der Waals surface area contributed by atoms with E-state index in [2.05, 4.69) is 38.3 Å². The molecule has 0 saturated carbocycles. The third-order valence-electron chi connectivity index (χ3n) is 7.45. The van der Waals surface area contributed by atoms with Crippen molar-refractivity contribution in [2.24, 2.45) is 17.8 Å². The van der Waals surface area contributed by atoms with Gasteiger partial charge in [-0.2, -0.15) is 0 Å². The topological polar surface area (TPSA) is 98.7 Å². The highest BCUT2D eigenvalue weighted by atomic mass is 32.2. The molecule has 3 aliphatic heterocycles. The van der Waals surface area contributed by atoms with Crippen molar-refractivity contribution in [2.45, 2.75) is 94.3 Å². The molecule has 3 unspecified atom stereocenters. The number of fused-ring (bicyclic) bond motifs is 1. The Hall–Kier alpha value is -1.28. The molecule has 0 aromatic rings. The summed E-state index contributed by atoms with van der Waals surface area (Å²) in [5.41, 5.74) is 0. The maximum Gasteiger partial charge on any atom is 0.244 e. The molecule has 8 heteroatoms. The highest BCUT2D eigenvalue weighted by molar-refractivity contribution is 8.02. The van der Waals surface area contributed by atoms with Crippen LogP contribution < -0.4 is 10.6 Å². The van der Waals surface area contributed by atoms with E-state index < -0.39 is 28.7 Å². The molecule has 3 heterocycles. The summed E-state index contributed by atoms with van der Waals surface area (Å²) < 4.78 is -0.976. The number of hydrogen-bond acceptors (Lipinski definition) is 5. The van der Waals surface area contributed by atoms with Gasteiger partial charge in [0.1, 0.15) is 6.04 Å². The standard InChI is InChI=1S/C23H39N3O4S/c1-7-8-14(4)25-20(29)18-23-10-9-22(5,31-23)16(19(28)24-6)17(23)21(30)26(18)15(12-27)11-13(2)3/h13-18,27H,7-12H2,1-6H3,(H,24,28)(H,25,29)/t14?,15-,16-,17+,18?,22+,23?/m1/s1. The van der Waals surface area contributed by atoms with Crippen molar-refractivity contribution in [3.63, 3.8) is 0 Å². The number of nitrogens with one attached hydrogen (secondary N) is 2. The van der Waals surface area contributed by atoms with Gasteiger partial charge < -0.3 is 20.6 Å². The van der Waals surface area contributed by atoms with Crippen LogP contribution in [0.1, 0.15) is 66.7 Å². The van der Waals surface area contributed by atoms with E-state index in [-0.39, 0.29) is 41.0 Å². The van der Waals surface area contributed by atoms with Gasteiger partial charge in [-0.25, -0.2) is 0 Å². The number of carbonyl (C=O) groups excluding carboxylic acids is 3. The number of likely N-dealkylation sites (tertiary alicyclic amines) is 1. The molecule has 3 amide bonds. The van der Waals surface area contributed by atoms with E-state index in [9.17, 15) is 19.5 Å². The third-order valence-corrected chi connectivity index (χ3v) is 9.44. The first-order valence-electron chi connectivity index (χ1n) is 11.7. The van der Waals surface area contributed by atoms with Gasteiger partial charge in [-0.15, -0.1) is 11.8 Å². The molecule has 1 spiro atoms. The zero-order valence-corrected chi connectivity index (χ0v) is 20.6. The largest absolute Gasteiger partial charge is 0.394 e. The van der Waals surface area contributed by atoms with Crippen molar-refractivity contribution in [3.05, 3.63) is 0 Å². The number of aliphatic hydroxyl groups excluding tert-OH is 1. The molecule has 7 nitrogen and oxygen atoms in total. The van der Waals surface area contributed by atoms with Crippen LogP contribution in [-0.2, 0) is 14.4 Å². The number of thioether (sulfide) groups is 1. The lowest BCUT2D eigenvalue weighted by atomic mass is 9.66. The second-order valence-corrected chi connectivity index (χ2v) is 12.1. The molecule has 176 valence electrons. The summed E-state index contributed by atoms with van der Waals surface area (Å²) in [6, 6.07) is -1.08. The SMILES string of the molecule is CCCC(C)NC(=O)C1N([C@@H](CO)CC(C)C)C(=O)[C@@H]2[C@H](C(=O)NC)[C@]3(C)CCC12S3. The monoisotopic (exact) mass is 453 g/mol. The summed E-state index contributed by atoms with van der Waals surface area (Å²) in [5, 5.41) is 16.1. The van der Waals surface area contributed by atoms with Crippen molar-refractivity contribution in [2.75, 3.05) is 13.7 Å². The van der Waals surface area contributed by atoms with Gasteiger partial charge in [0, 0.05) is 17.8 Å². The third kappa shape index (κ3) is 3.88. The Balaban J connectivity index is 2.06. The number of carbonyl (C=O) groups is 3. The summed E-state index contributed by atoms with van der Waals surface area (Å²) in [5.74, 6) is -1.15. The van der Waals surface area contributed by atoms with Gasteiger partial charge >= 0.3 is 0 Å². The van der Waals surface area contributed by atoms with Gasteiger partial charge in [0.2, 0.25) is 17.7 Å². The lowest BCUT2D eigenvalue weighted by molar-refractivity contribution is -0.143. The van der Waals surface area contributed by atoms with Crippen LogP contribution in [-0.4, -0.2) is 69.0 Å². The minimum absolute atomic E-state index is 0.0107. The summed E-state index contributed by atoms with van der Waals surface area (Å²) >= 11 is 1.67. The first kappa shape index (κ1) is 24.4. The predicted molar refractivity (Wildman–Crippen MR) is 122 cm³/mol. The molecule has 3 N–H and O–H groups in total. The molecule has 7 atom stereocenters. The van der Waals surface area contributed by atoms with Gasteiger partial charge in [0.25, 0.3) is 0 Å². The highest BCUT2D eigenvalue weighted by Gasteiger charge is 2.77. The average Bonchev–Trinajstić information content (AvgIpc) is 3.26. The molecule has 31 heavy (non-hydrogen) atoms. The first-order chi connectivity index (χ1) is 14.6. The van der Waals surface area contributed by atoms with E-state index in [4.69, 9.17) is 0 Å². The predicted octanol–water partition coefficient (Wildman–Crippen LogP) is 1.93. The number of aliphatic hydroxyl groups is 1. The van der Waals surface area contributed by atoms with Crippen LogP contribution >= 0.6 is 11.8 Å². The Morgan fingerprint density at radius 1 is 1.26 bits per heavy atom. The lowest BCUT2D eigenvalue weighted by Gasteiger charge is -2.38. The van der Waals surface area contributed by atoms with E-state index in [0.29, 0.717) is 6.42 Å². The van der Waals surface area contributed by atoms with E-state index in [1.807, 2.05) is 6.92 Å².